The first-order chi connectivity index (χ1) is 17.5. The molecule has 4 rings (SSSR count). The van der Waals surface area contributed by atoms with E-state index in [0.717, 1.165) is 27.7 Å². The number of aliphatic hydroxyl groups is 1. The molecule has 37 heavy (non-hydrogen) atoms. The van der Waals surface area contributed by atoms with Crippen molar-refractivity contribution in [3.05, 3.63) is 47.5 Å². The Balaban J connectivity index is 1.60. The molecule has 2 amide bonds. The summed E-state index contributed by atoms with van der Waals surface area (Å²) in [5.74, 6) is 1.05. The molecule has 0 saturated carbocycles. The monoisotopic (exact) mass is 520 g/mol. The molecule has 2 atom stereocenters. The van der Waals surface area contributed by atoms with Gasteiger partial charge in [-0.15, -0.1) is 0 Å². The Morgan fingerprint density at radius 1 is 1.19 bits per heavy atom. The van der Waals surface area contributed by atoms with Crippen LogP contribution in [0, 0.1) is 6.92 Å². The van der Waals surface area contributed by atoms with Crippen LogP contribution in [0.25, 0.3) is 11.1 Å². The fourth-order valence-corrected chi connectivity index (χ4v) is 4.08. The van der Waals surface area contributed by atoms with Crippen LogP contribution in [0.5, 0.6) is 5.88 Å². The van der Waals surface area contributed by atoms with Crippen LogP contribution < -0.4 is 15.0 Å². The molecule has 2 N–H and O–H groups in total. The van der Waals surface area contributed by atoms with Crippen molar-refractivity contribution in [2.75, 3.05) is 49.6 Å². The summed E-state index contributed by atoms with van der Waals surface area (Å²) < 4.78 is 50.3. The standard InChI is InChI=1S/C26H31F3N4O4/c1-16-4-5-21(30-25(35)33-7-6-20(15-33)26(27,28)29)14-22(16)19-12-23(32-8-10-36-11-9-32)31-24(13-19)37-18(3)17(2)34/h4-6,12-14,17-18,34H,7-11,15H2,1-3H3,(H,30,35)/t17-,18-/m1/s1. The van der Waals surface area contributed by atoms with E-state index in [4.69, 9.17) is 9.47 Å². The Kier molecular flexibility index (Phi) is 7.93. The van der Waals surface area contributed by atoms with Crippen molar-refractivity contribution in [2.24, 2.45) is 0 Å². The lowest BCUT2D eigenvalue weighted by atomic mass is 10.00. The van der Waals surface area contributed by atoms with Crippen molar-refractivity contribution in [1.29, 1.82) is 0 Å². The number of aromatic nitrogens is 1. The minimum absolute atomic E-state index is 0.102. The van der Waals surface area contributed by atoms with Gasteiger partial charge in [-0.1, -0.05) is 12.1 Å². The number of alkyl halides is 3. The van der Waals surface area contributed by atoms with E-state index in [9.17, 15) is 23.1 Å². The molecule has 1 saturated heterocycles. The zero-order valence-corrected chi connectivity index (χ0v) is 21.0. The van der Waals surface area contributed by atoms with Gasteiger partial charge in [-0.2, -0.15) is 18.2 Å². The van der Waals surface area contributed by atoms with E-state index in [1.54, 1.807) is 32.0 Å². The second-order valence-corrected chi connectivity index (χ2v) is 9.28. The number of hydrogen-bond donors (Lipinski definition) is 2. The molecule has 0 aliphatic carbocycles. The molecule has 3 heterocycles. The highest BCUT2D eigenvalue weighted by atomic mass is 19.4. The van der Waals surface area contributed by atoms with E-state index in [0.29, 0.717) is 43.7 Å². The number of ether oxygens (including phenoxy) is 2. The highest BCUT2D eigenvalue weighted by Gasteiger charge is 2.38. The van der Waals surface area contributed by atoms with Crippen LogP contribution in [0.2, 0.25) is 0 Å². The first kappa shape index (κ1) is 26.7. The summed E-state index contributed by atoms with van der Waals surface area (Å²) >= 11 is 0. The van der Waals surface area contributed by atoms with Crippen molar-refractivity contribution in [3.8, 4) is 17.0 Å². The number of pyridine rings is 1. The molecule has 2 aromatic rings. The molecular weight excluding hydrogens is 489 g/mol. The number of rotatable bonds is 6. The van der Waals surface area contributed by atoms with Gasteiger partial charge in [-0.25, -0.2) is 4.79 Å². The van der Waals surface area contributed by atoms with E-state index in [1.807, 2.05) is 19.1 Å². The van der Waals surface area contributed by atoms with Crippen molar-refractivity contribution in [1.82, 2.24) is 9.88 Å². The number of morpholine rings is 1. The van der Waals surface area contributed by atoms with E-state index in [1.165, 1.54) is 0 Å². The third-order valence-electron chi connectivity index (χ3n) is 6.48. The number of aryl methyl sites for hydroxylation is 1. The zero-order chi connectivity index (χ0) is 26.7. The molecule has 1 aromatic heterocycles. The molecule has 11 heteroatoms. The lowest BCUT2D eigenvalue weighted by Crippen LogP contribution is -2.37. The van der Waals surface area contributed by atoms with E-state index >= 15 is 0 Å². The van der Waals surface area contributed by atoms with Crippen molar-refractivity contribution >= 4 is 17.5 Å². The molecule has 0 radical (unpaired) electrons. The van der Waals surface area contributed by atoms with Gasteiger partial charge in [-0.05, 0) is 55.7 Å². The molecule has 1 aromatic carbocycles. The Morgan fingerprint density at radius 2 is 1.92 bits per heavy atom. The lowest BCUT2D eigenvalue weighted by molar-refractivity contribution is -0.0929. The van der Waals surface area contributed by atoms with Crippen LogP contribution >= 0.6 is 0 Å². The number of carbonyl (C=O) groups is 1. The van der Waals surface area contributed by atoms with Crippen LogP contribution in [0.1, 0.15) is 19.4 Å². The molecule has 200 valence electrons. The predicted octanol–water partition coefficient (Wildman–Crippen LogP) is 4.38. The summed E-state index contributed by atoms with van der Waals surface area (Å²) in [5, 5.41) is 12.6. The molecule has 2 aliphatic heterocycles. The zero-order valence-electron chi connectivity index (χ0n) is 21.0. The van der Waals surface area contributed by atoms with Crippen LogP contribution in [-0.4, -0.2) is 78.8 Å². The van der Waals surface area contributed by atoms with Gasteiger partial charge in [0.2, 0.25) is 5.88 Å². The van der Waals surface area contributed by atoms with Gasteiger partial charge in [0.15, 0.2) is 0 Å². The van der Waals surface area contributed by atoms with Gasteiger partial charge in [0.05, 0.1) is 31.4 Å². The normalized spacial score (nSPS) is 17.9. The highest BCUT2D eigenvalue weighted by Crippen LogP contribution is 2.33. The van der Waals surface area contributed by atoms with Gasteiger partial charge in [-0.3, -0.25) is 0 Å². The molecule has 0 bridgehead atoms. The van der Waals surface area contributed by atoms with Gasteiger partial charge < -0.3 is 29.7 Å². The number of nitrogens with one attached hydrogen (secondary N) is 1. The van der Waals surface area contributed by atoms with Crippen LogP contribution in [0.15, 0.2) is 42.0 Å². The van der Waals surface area contributed by atoms with E-state index < -0.39 is 36.5 Å². The predicted molar refractivity (Wildman–Crippen MR) is 134 cm³/mol. The van der Waals surface area contributed by atoms with Crippen LogP contribution in [0.4, 0.5) is 29.5 Å². The number of urea groups is 1. The first-order valence-electron chi connectivity index (χ1n) is 12.1. The Morgan fingerprint density at radius 3 is 2.57 bits per heavy atom. The Hall–Kier alpha value is -3.31. The Labute approximate surface area is 213 Å². The maximum absolute atomic E-state index is 13.0. The summed E-state index contributed by atoms with van der Waals surface area (Å²) in [6.07, 6.45) is -4.60. The number of hydrogen-bond acceptors (Lipinski definition) is 6. The summed E-state index contributed by atoms with van der Waals surface area (Å²) in [6, 6.07) is 8.42. The minimum atomic E-state index is -4.45. The quantitative estimate of drug-likeness (QED) is 0.550. The number of aliphatic hydroxyl groups excluding tert-OH is 1. The van der Waals surface area contributed by atoms with Gasteiger partial charge in [0.25, 0.3) is 0 Å². The second-order valence-electron chi connectivity index (χ2n) is 9.28. The number of amides is 2. The number of nitrogens with zero attached hydrogens (tertiary/aromatic N) is 3. The molecule has 1 fully saturated rings. The summed E-state index contributed by atoms with van der Waals surface area (Å²) in [7, 11) is 0. The minimum Gasteiger partial charge on any atom is -0.472 e. The Bertz CT molecular complexity index is 1160. The molecule has 0 unspecified atom stereocenters. The number of anilines is 2. The van der Waals surface area contributed by atoms with Gasteiger partial charge in [0.1, 0.15) is 11.9 Å². The fourth-order valence-electron chi connectivity index (χ4n) is 4.08. The second kappa shape index (κ2) is 11.0. The van der Waals surface area contributed by atoms with Gasteiger partial charge in [0, 0.05) is 31.4 Å². The third-order valence-corrected chi connectivity index (χ3v) is 6.48. The fraction of sp³-hybridized carbons (Fsp3) is 0.462. The van der Waals surface area contributed by atoms with Gasteiger partial charge >= 0.3 is 12.2 Å². The average molecular weight is 521 g/mol. The van der Waals surface area contributed by atoms with Crippen LogP contribution in [0.3, 0.4) is 0 Å². The number of carbonyl (C=O) groups excluding carboxylic acids is 1. The van der Waals surface area contributed by atoms with Crippen molar-refractivity contribution < 1.29 is 32.5 Å². The third kappa shape index (κ3) is 6.53. The summed E-state index contributed by atoms with van der Waals surface area (Å²) in [4.78, 5) is 20.5. The molecule has 8 nitrogen and oxygen atoms in total. The largest absolute Gasteiger partial charge is 0.472 e. The summed E-state index contributed by atoms with van der Waals surface area (Å²) in [6.45, 7) is 7.23. The summed E-state index contributed by atoms with van der Waals surface area (Å²) in [5.41, 5.74) is 2.25. The van der Waals surface area contributed by atoms with E-state index in [2.05, 4.69) is 15.2 Å². The lowest BCUT2D eigenvalue weighted by Gasteiger charge is -2.29. The average Bonchev–Trinajstić information content (AvgIpc) is 3.37. The maximum Gasteiger partial charge on any atom is 0.414 e. The maximum atomic E-state index is 13.0. The smallest absolute Gasteiger partial charge is 0.414 e. The van der Waals surface area contributed by atoms with Crippen LogP contribution in [-0.2, 0) is 4.74 Å². The SMILES string of the molecule is Cc1ccc(NC(=O)N2CC=C(C(F)(F)F)C2)cc1-c1cc(O[C@H](C)[C@@H](C)O)nc(N2CCOCC2)c1. The van der Waals surface area contributed by atoms with Crippen molar-refractivity contribution in [3.63, 3.8) is 0 Å². The topological polar surface area (TPSA) is 87.2 Å². The molecular formula is C26H31F3N4O4. The number of benzene rings is 1. The van der Waals surface area contributed by atoms with Crippen molar-refractivity contribution in [2.45, 2.75) is 39.2 Å². The highest BCUT2D eigenvalue weighted by molar-refractivity contribution is 5.91. The number of halogens is 3. The first-order valence-corrected chi connectivity index (χ1v) is 12.1. The molecule has 2 aliphatic rings. The van der Waals surface area contributed by atoms with E-state index in [-0.39, 0.29) is 6.54 Å². The molecule has 0 spiro atoms.